The number of aryl methyl sites for hydroxylation is 2. The quantitative estimate of drug-likeness (QED) is 0.787. The summed E-state index contributed by atoms with van der Waals surface area (Å²) in [6.45, 7) is 7.33. The van der Waals surface area contributed by atoms with E-state index in [1.807, 2.05) is 6.20 Å². The minimum atomic E-state index is 0.278. The van der Waals surface area contributed by atoms with E-state index < -0.39 is 0 Å². The summed E-state index contributed by atoms with van der Waals surface area (Å²) in [5.41, 5.74) is 4.99. The monoisotopic (exact) mass is 380 g/mol. The Hall–Kier alpha value is -0.940. The van der Waals surface area contributed by atoms with Crippen molar-refractivity contribution in [1.29, 1.82) is 0 Å². The third-order valence-corrected chi connectivity index (χ3v) is 4.11. The maximum absolute atomic E-state index is 4.65. The summed E-state index contributed by atoms with van der Waals surface area (Å²) in [5, 5.41) is 3.56. The average molecular weight is 380 g/mol. The van der Waals surface area contributed by atoms with E-state index in [2.05, 4.69) is 84.0 Å². The van der Waals surface area contributed by atoms with Gasteiger partial charge in [0, 0.05) is 9.77 Å². The molecule has 1 aromatic carbocycles. The predicted molar refractivity (Wildman–Crippen MR) is 93.0 cm³/mol. The topological polar surface area (TPSA) is 24.9 Å². The molecule has 0 saturated heterocycles. The van der Waals surface area contributed by atoms with Crippen LogP contribution in [0.5, 0.6) is 0 Å². The molecule has 0 radical (unpaired) electrons. The van der Waals surface area contributed by atoms with Gasteiger partial charge in [0.2, 0.25) is 0 Å². The van der Waals surface area contributed by atoms with Gasteiger partial charge >= 0.3 is 0 Å². The van der Waals surface area contributed by atoms with Crippen LogP contribution in [-0.2, 0) is 6.42 Å². The number of nitrogens with zero attached hydrogens (tertiary/aromatic N) is 1. The first-order valence-electron chi connectivity index (χ1n) is 7.01. The second kappa shape index (κ2) is 7.18. The fourth-order valence-corrected chi connectivity index (χ4v) is 2.82. The van der Waals surface area contributed by atoms with Crippen molar-refractivity contribution >= 4 is 22.6 Å². The van der Waals surface area contributed by atoms with Crippen molar-refractivity contribution < 1.29 is 0 Å². The number of hydrogen-bond acceptors (Lipinski definition) is 2. The normalized spacial score (nSPS) is 12.4. The lowest BCUT2D eigenvalue weighted by Gasteiger charge is -2.20. The van der Waals surface area contributed by atoms with Crippen molar-refractivity contribution in [3.63, 3.8) is 0 Å². The van der Waals surface area contributed by atoms with Crippen LogP contribution < -0.4 is 5.32 Å². The van der Waals surface area contributed by atoms with Crippen molar-refractivity contribution in [2.24, 2.45) is 0 Å². The molecule has 0 aliphatic heterocycles. The summed E-state index contributed by atoms with van der Waals surface area (Å²) in [5.74, 6) is 0. The Bertz CT molecular complexity index is 564. The summed E-state index contributed by atoms with van der Waals surface area (Å²) >= 11 is 2.34. The highest BCUT2D eigenvalue weighted by atomic mass is 127. The van der Waals surface area contributed by atoms with Gasteiger partial charge in [0.05, 0.1) is 11.7 Å². The van der Waals surface area contributed by atoms with Crippen LogP contribution in [-0.4, -0.2) is 11.5 Å². The summed E-state index contributed by atoms with van der Waals surface area (Å²) in [6.07, 6.45) is 2.93. The molecule has 0 aliphatic rings. The lowest BCUT2D eigenvalue weighted by atomic mass is 9.99. The molecular weight excluding hydrogens is 359 g/mol. The molecule has 0 saturated carbocycles. The summed E-state index contributed by atoms with van der Waals surface area (Å²) < 4.78 is 1.27. The molecule has 2 nitrogen and oxygen atoms in total. The first kappa shape index (κ1) is 15.4. The highest BCUT2D eigenvalue weighted by molar-refractivity contribution is 14.1. The molecule has 1 atom stereocenters. The third kappa shape index (κ3) is 4.03. The number of rotatable bonds is 5. The molecule has 0 bridgehead atoms. The molecule has 20 heavy (non-hydrogen) atoms. The number of hydrogen-bond donors (Lipinski definition) is 1. The standard InChI is InChI=1S/C17H21IN2/c1-4-19-16(10-14-5-7-15(18)8-6-14)17-13(3)9-12(2)11-20-17/h5-9,11,16,19H,4,10H2,1-3H3. The van der Waals surface area contributed by atoms with Gasteiger partial charge in [0.15, 0.2) is 0 Å². The minimum Gasteiger partial charge on any atom is -0.309 e. The minimum absolute atomic E-state index is 0.278. The van der Waals surface area contributed by atoms with Crippen molar-refractivity contribution in [2.45, 2.75) is 33.2 Å². The lowest BCUT2D eigenvalue weighted by Crippen LogP contribution is -2.24. The molecule has 0 fully saturated rings. The zero-order valence-corrected chi connectivity index (χ0v) is 14.4. The fraction of sp³-hybridized carbons (Fsp3) is 0.353. The molecule has 106 valence electrons. The molecule has 0 amide bonds. The Morgan fingerprint density at radius 1 is 1.20 bits per heavy atom. The van der Waals surface area contributed by atoms with E-state index in [4.69, 9.17) is 0 Å². The summed E-state index contributed by atoms with van der Waals surface area (Å²) in [6, 6.07) is 11.2. The summed E-state index contributed by atoms with van der Waals surface area (Å²) in [7, 11) is 0. The largest absolute Gasteiger partial charge is 0.309 e. The van der Waals surface area contributed by atoms with Gasteiger partial charge in [-0.1, -0.05) is 25.1 Å². The number of pyridine rings is 1. The van der Waals surface area contributed by atoms with Crippen molar-refractivity contribution in [2.75, 3.05) is 6.54 Å². The maximum atomic E-state index is 4.65. The van der Waals surface area contributed by atoms with E-state index in [0.717, 1.165) is 18.7 Å². The van der Waals surface area contributed by atoms with Gasteiger partial charge in [-0.15, -0.1) is 0 Å². The van der Waals surface area contributed by atoms with E-state index in [9.17, 15) is 0 Å². The number of halogens is 1. The van der Waals surface area contributed by atoms with Gasteiger partial charge in [0.1, 0.15) is 0 Å². The molecule has 0 aliphatic carbocycles. The van der Waals surface area contributed by atoms with Crippen LogP contribution >= 0.6 is 22.6 Å². The third-order valence-electron chi connectivity index (χ3n) is 3.39. The molecule has 0 spiro atoms. The highest BCUT2D eigenvalue weighted by Gasteiger charge is 2.15. The number of benzene rings is 1. The maximum Gasteiger partial charge on any atom is 0.0605 e. The van der Waals surface area contributed by atoms with Crippen LogP contribution in [0, 0.1) is 17.4 Å². The van der Waals surface area contributed by atoms with Crippen molar-refractivity contribution in [3.05, 3.63) is 62.5 Å². The van der Waals surface area contributed by atoms with Crippen molar-refractivity contribution in [1.82, 2.24) is 10.3 Å². The average Bonchev–Trinajstić information content (AvgIpc) is 2.41. The van der Waals surface area contributed by atoms with Crippen LogP contribution in [0.15, 0.2) is 36.5 Å². The SMILES string of the molecule is CCNC(Cc1ccc(I)cc1)c1ncc(C)cc1C. The Kier molecular flexibility index (Phi) is 5.54. The second-order valence-corrected chi connectivity index (χ2v) is 6.40. The Morgan fingerprint density at radius 3 is 2.50 bits per heavy atom. The second-order valence-electron chi connectivity index (χ2n) is 5.16. The number of aromatic nitrogens is 1. The van der Waals surface area contributed by atoms with Gasteiger partial charge in [-0.05, 0) is 78.2 Å². The summed E-state index contributed by atoms with van der Waals surface area (Å²) in [4.78, 5) is 4.65. The Labute approximate surface area is 135 Å². The van der Waals surface area contributed by atoms with Gasteiger partial charge < -0.3 is 5.32 Å². The Morgan fingerprint density at radius 2 is 1.90 bits per heavy atom. The molecule has 2 aromatic rings. The van der Waals surface area contributed by atoms with Crippen LogP contribution in [0.4, 0.5) is 0 Å². The molecule has 1 aromatic heterocycles. The molecule has 1 unspecified atom stereocenters. The van der Waals surface area contributed by atoms with E-state index >= 15 is 0 Å². The van der Waals surface area contributed by atoms with Crippen LogP contribution in [0.25, 0.3) is 0 Å². The van der Waals surface area contributed by atoms with E-state index in [1.54, 1.807) is 0 Å². The lowest BCUT2D eigenvalue weighted by molar-refractivity contribution is 0.533. The molecule has 1 heterocycles. The van der Waals surface area contributed by atoms with Gasteiger partial charge in [0.25, 0.3) is 0 Å². The number of nitrogens with one attached hydrogen (secondary N) is 1. The van der Waals surface area contributed by atoms with Crippen LogP contribution in [0.3, 0.4) is 0 Å². The zero-order chi connectivity index (χ0) is 14.5. The van der Waals surface area contributed by atoms with Crippen LogP contribution in [0.1, 0.15) is 35.3 Å². The van der Waals surface area contributed by atoms with Crippen LogP contribution in [0.2, 0.25) is 0 Å². The van der Waals surface area contributed by atoms with E-state index in [-0.39, 0.29) is 6.04 Å². The molecular formula is C17H21IN2. The smallest absolute Gasteiger partial charge is 0.0605 e. The molecule has 2 rings (SSSR count). The van der Waals surface area contributed by atoms with Crippen molar-refractivity contribution in [3.8, 4) is 0 Å². The van der Waals surface area contributed by atoms with Gasteiger partial charge in [-0.2, -0.15) is 0 Å². The van der Waals surface area contributed by atoms with E-state index in [0.29, 0.717) is 0 Å². The van der Waals surface area contributed by atoms with Gasteiger partial charge in [-0.25, -0.2) is 0 Å². The number of likely N-dealkylation sites (N-methyl/N-ethyl adjacent to an activating group) is 1. The first-order chi connectivity index (χ1) is 9.60. The highest BCUT2D eigenvalue weighted by Crippen LogP contribution is 2.21. The predicted octanol–water partition coefficient (Wildman–Crippen LogP) is 4.20. The first-order valence-corrected chi connectivity index (χ1v) is 8.09. The zero-order valence-electron chi connectivity index (χ0n) is 12.3. The fourth-order valence-electron chi connectivity index (χ4n) is 2.46. The molecule has 3 heteroatoms. The molecule has 1 N–H and O–H groups in total. The van der Waals surface area contributed by atoms with E-state index in [1.165, 1.54) is 20.3 Å². The van der Waals surface area contributed by atoms with Gasteiger partial charge in [-0.3, -0.25) is 4.98 Å². The Balaban J connectivity index is 2.24.